The third-order valence-corrected chi connectivity index (χ3v) is 2.93. The Morgan fingerprint density at radius 2 is 2.19 bits per heavy atom. The van der Waals surface area contributed by atoms with Crippen LogP contribution in [0.3, 0.4) is 0 Å². The summed E-state index contributed by atoms with van der Waals surface area (Å²) < 4.78 is 11.1. The van der Waals surface area contributed by atoms with Crippen LogP contribution in [0.5, 0.6) is 17.4 Å². The van der Waals surface area contributed by atoms with Crippen molar-refractivity contribution in [2.75, 3.05) is 12.5 Å². The molecule has 1 aromatic heterocycles. The fourth-order valence-electron chi connectivity index (χ4n) is 1.54. The minimum absolute atomic E-state index is 0.00544. The molecule has 2 rings (SSSR count). The average Bonchev–Trinajstić information content (AvgIpc) is 2.48. The van der Waals surface area contributed by atoms with Crippen molar-refractivity contribution in [1.29, 1.82) is 0 Å². The molecule has 0 atom stereocenters. The van der Waals surface area contributed by atoms with Gasteiger partial charge in [-0.3, -0.25) is 10.1 Å². The highest BCUT2D eigenvalue weighted by molar-refractivity contribution is 9.10. The van der Waals surface area contributed by atoms with Gasteiger partial charge >= 0.3 is 5.69 Å². The van der Waals surface area contributed by atoms with E-state index in [0.717, 1.165) is 0 Å². The molecule has 1 heterocycles. The third kappa shape index (κ3) is 3.17. The first-order chi connectivity index (χ1) is 10.1. The molecule has 1 aromatic carbocycles. The van der Waals surface area contributed by atoms with Gasteiger partial charge in [0, 0.05) is 10.5 Å². The molecule has 0 radical (unpaired) electrons. The Bertz CT molecular complexity index is 682. The fraction of sp³-hybridized carbons (Fsp3) is 0.0909. The largest absolute Gasteiger partial charge is 0.489 e. The number of nitrogens with one attached hydrogen (secondary N) is 1. The van der Waals surface area contributed by atoms with Crippen LogP contribution >= 0.6 is 15.9 Å². The first-order valence-electron chi connectivity index (χ1n) is 5.54. The summed E-state index contributed by atoms with van der Waals surface area (Å²) in [5, 5.41) is 11.1. The van der Waals surface area contributed by atoms with Crippen molar-refractivity contribution in [3.8, 4) is 17.4 Å². The van der Waals surface area contributed by atoms with Gasteiger partial charge in [-0.25, -0.2) is 10.8 Å². The van der Waals surface area contributed by atoms with Gasteiger partial charge in [0.25, 0.3) is 5.88 Å². The minimum Gasteiger partial charge on any atom is -0.489 e. The average molecular weight is 356 g/mol. The van der Waals surface area contributed by atoms with Gasteiger partial charge in [0.05, 0.1) is 12.0 Å². The third-order valence-electron chi connectivity index (χ3n) is 2.44. The van der Waals surface area contributed by atoms with E-state index in [0.29, 0.717) is 4.47 Å². The lowest BCUT2D eigenvalue weighted by atomic mass is 10.3. The lowest BCUT2D eigenvalue weighted by Gasteiger charge is -2.11. The Labute approximate surface area is 127 Å². The van der Waals surface area contributed by atoms with Gasteiger partial charge in [-0.05, 0) is 12.1 Å². The summed E-state index contributed by atoms with van der Waals surface area (Å²) in [6.45, 7) is 0. The molecule has 0 bridgehead atoms. The number of ether oxygens (including phenoxy) is 2. The SMILES string of the molecule is COc1c(NN)ncnc1Oc1ccc(Br)cc1[N+](=O)[O-]. The first-order valence-corrected chi connectivity index (χ1v) is 6.33. The maximum absolute atomic E-state index is 11.1. The number of benzene rings is 1. The normalized spacial score (nSPS) is 10.0. The summed E-state index contributed by atoms with van der Waals surface area (Å²) in [6.07, 6.45) is 1.19. The number of hydrogen-bond acceptors (Lipinski definition) is 8. The number of hydrazine groups is 1. The van der Waals surface area contributed by atoms with E-state index in [-0.39, 0.29) is 28.9 Å². The number of nitro benzene ring substituents is 1. The van der Waals surface area contributed by atoms with Crippen molar-refractivity contribution in [3.05, 3.63) is 39.1 Å². The molecule has 9 nitrogen and oxygen atoms in total. The van der Waals surface area contributed by atoms with Crippen molar-refractivity contribution < 1.29 is 14.4 Å². The molecule has 0 saturated carbocycles. The van der Waals surface area contributed by atoms with Gasteiger partial charge in [-0.2, -0.15) is 4.98 Å². The maximum Gasteiger partial charge on any atom is 0.312 e. The van der Waals surface area contributed by atoms with Crippen LogP contribution in [0.25, 0.3) is 0 Å². The van der Waals surface area contributed by atoms with E-state index in [4.69, 9.17) is 15.3 Å². The van der Waals surface area contributed by atoms with Crippen LogP contribution < -0.4 is 20.7 Å². The van der Waals surface area contributed by atoms with Gasteiger partial charge in [0.2, 0.25) is 11.5 Å². The molecule has 2 aromatic rings. The number of aromatic nitrogens is 2. The molecule has 0 fully saturated rings. The maximum atomic E-state index is 11.1. The van der Waals surface area contributed by atoms with E-state index in [9.17, 15) is 10.1 Å². The molecule has 0 spiro atoms. The number of nitrogens with zero attached hydrogens (tertiary/aromatic N) is 3. The van der Waals surface area contributed by atoms with Crippen molar-refractivity contribution >= 4 is 27.4 Å². The van der Waals surface area contributed by atoms with E-state index >= 15 is 0 Å². The zero-order valence-corrected chi connectivity index (χ0v) is 12.3. The summed E-state index contributed by atoms with van der Waals surface area (Å²) in [7, 11) is 1.38. The van der Waals surface area contributed by atoms with Gasteiger partial charge in [0.1, 0.15) is 6.33 Å². The second-order valence-corrected chi connectivity index (χ2v) is 4.59. The molecule has 110 valence electrons. The summed E-state index contributed by atoms with van der Waals surface area (Å²) in [5.74, 6) is 5.65. The predicted octanol–water partition coefficient (Wildman–Crippen LogP) is 2.23. The smallest absolute Gasteiger partial charge is 0.312 e. The highest BCUT2D eigenvalue weighted by Crippen LogP contribution is 2.38. The van der Waals surface area contributed by atoms with Crippen molar-refractivity contribution in [2.45, 2.75) is 0 Å². The first kappa shape index (κ1) is 14.9. The summed E-state index contributed by atoms with van der Waals surface area (Å²) >= 11 is 3.16. The van der Waals surface area contributed by atoms with Crippen LogP contribution in [0.15, 0.2) is 29.0 Å². The number of methoxy groups -OCH3 is 1. The molecule has 21 heavy (non-hydrogen) atoms. The Morgan fingerprint density at radius 3 is 2.81 bits per heavy atom. The lowest BCUT2D eigenvalue weighted by Crippen LogP contribution is -2.11. The number of hydrogen-bond donors (Lipinski definition) is 2. The number of nitrogens with two attached hydrogens (primary N) is 1. The van der Waals surface area contributed by atoms with Crippen molar-refractivity contribution in [3.63, 3.8) is 0 Å². The Balaban J connectivity index is 2.46. The number of nitro groups is 1. The second-order valence-electron chi connectivity index (χ2n) is 3.68. The molecule has 3 N–H and O–H groups in total. The second kappa shape index (κ2) is 6.33. The molecular weight excluding hydrogens is 346 g/mol. The summed E-state index contributed by atoms with van der Waals surface area (Å²) in [6, 6.07) is 4.38. The molecule has 0 aliphatic heterocycles. The Hall–Kier alpha value is -2.46. The van der Waals surface area contributed by atoms with E-state index in [1.165, 1.54) is 25.6 Å². The van der Waals surface area contributed by atoms with E-state index in [1.54, 1.807) is 6.07 Å². The molecule has 0 amide bonds. The van der Waals surface area contributed by atoms with Crippen LogP contribution in [0.1, 0.15) is 0 Å². The van der Waals surface area contributed by atoms with Crippen molar-refractivity contribution in [2.24, 2.45) is 5.84 Å². The Kier molecular flexibility index (Phi) is 4.50. The zero-order valence-electron chi connectivity index (χ0n) is 10.7. The topological polar surface area (TPSA) is 125 Å². The van der Waals surface area contributed by atoms with Gasteiger partial charge in [0.15, 0.2) is 5.82 Å². The molecule has 0 aliphatic carbocycles. The van der Waals surface area contributed by atoms with Crippen LogP contribution in [-0.2, 0) is 0 Å². The lowest BCUT2D eigenvalue weighted by molar-refractivity contribution is -0.385. The summed E-state index contributed by atoms with van der Waals surface area (Å²) in [4.78, 5) is 18.2. The summed E-state index contributed by atoms with van der Waals surface area (Å²) in [5.41, 5.74) is 2.11. The van der Waals surface area contributed by atoms with E-state index < -0.39 is 4.92 Å². The molecule has 10 heteroatoms. The molecule has 0 unspecified atom stereocenters. The number of halogens is 1. The van der Waals surface area contributed by atoms with Gasteiger partial charge < -0.3 is 14.9 Å². The van der Waals surface area contributed by atoms with Gasteiger partial charge in [-0.1, -0.05) is 15.9 Å². The standard InChI is InChI=1S/C11H10BrN5O4/c1-20-9-10(16-13)14-5-15-11(9)21-8-3-2-6(12)4-7(8)17(18)19/h2-5H,13H2,1H3,(H,14,15,16). The number of rotatable bonds is 5. The zero-order chi connectivity index (χ0) is 15.4. The highest BCUT2D eigenvalue weighted by atomic mass is 79.9. The predicted molar refractivity (Wildman–Crippen MR) is 77.3 cm³/mol. The fourth-order valence-corrected chi connectivity index (χ4v) is 1.89. The monoisotopic (exact) mass is 355 g/mol. The molecular formula is C11H10BrN5O4. The number of anilines is 1. The van der Waals surface area contributed by atoms with Gasteiger partial charge in [-0.15, -0.1) is 0 Å². The van der Waals surface area contributed by atoms with Crippen LogP contribution in [-0.4, -0.2) is 22.0 Å². The quantitative estimate of drug-likeness (QED) is 0.475. The highest BCUT2D eigenvalue weighted by Gasteiger charge is 2.20. The van der Waals surface area contributed by atoms with Crippen molar-refractivity contribution in [1.82, 2.24) is 9.97 Å². The molecule has 0 aliphatic rings. The van der Waals surface area contributed by atoms with Crippen LogP contribution in [0, 0.1) is 10.1 Å². The number of nitrogen functional groups attached to an aromatic ring is 1. The van der Waals surface area contributed by atoms with Crippen LogP contribution in [0.2, 0.25) is 0 Å². The van der Waals surface area contributed by atoms with E-state index in [2.05, 4.69) is 31.3 Å². The molecule has 0 saturated heterocycles. The minimum atomic E-state index is -0.560. The van der Waals surface area contributed by atoms with Crippen LogP contribution in [0.4, 0.5) is 11.5 Å². The van der Waals surface area contributed by atoms with E-state index in [1.807, 2.05) is 0 Å². The Morgan fingerprint density at radius 1 is 1.43 bits per heavy atom.